The summed E-state index contributed by atoms with van der Waals surface area (Å²) >= 11 is 6.12. The molecular weight excluding hydrogens is 372 g/mol. The molecule has 6 heteroatoms. The molecule has 1 aliphatic heterocycles. The molecule has 0 spiro atoms. The molecule has 0 saturated carbocycles. The van der Waals surface area contributed by atoms with Crippen LogP contribution in [-0.4, -0.2) is 32.8 Å². The second-order valence-electron chi connectivity index (χ2n) is 7.18. The van der Waals surface area contributed by atoms with Gasteiger partial charge in [0.1, 0.15) is 11.9 Å². The zero-order valence-corrected chi connectivity index (χ0v) is 16.6. The van der Waals surface area contributed by atoms with Gasteiger partial charge in [-0.1, -0.05) is 54.1 Å². The van der Waals surface area contributed by atoms with E-state index in [2.05, 4.69) is 15.0 Å². The maximum absolute atomic E-state index is 13.2. The lowest BCUT2D eigenvalue weighted by molar-refractivity contribution is 0.172. The quantitative estimate of drug-likeness (QED) is 0.651. The molecule has 0 bridgehead atoms. The van der Waals surface area contributed by atoms with Crippen molar-refractivity contribution in [2.75, 3.05) is 13.1 Å². The minimum absolute atomic E-state index is 0.0985. The van der Waals surface area contributed by atoms with Crippen LogP contribution in [0.2, 0.25) is 5.02 Å². The van der Waals surface area contributed by atoms with Crippen molar-refractivity contribution in [2.45, 2.75) is 32.4 Å². The first-order valence-corrected chi connectivity index (χ1v) is 10.0. The Labute approximate surface area is 169 Å². The van der Waals surface area contributed by atoms with E-state index in [-0.39, 0.29) is 11.7 Å². The van der Waals surface area contributed by atoms with Crippen molar-refractivity contribution >= 4 is 11.6 Å². The van der Waals surface area contributed by atoms with Gasteiger partial charge in [-0.15, -0.1) is 5.10 Å². The van der Waals surface area contributed by atoms with Gasteiger partial charge in [0.25, 0.3) is 5.56 Å². The first kappa shape index (κ1) is 18.8. The lowest BCUT2D eigenvalue weighted by Crippen LogP contribution is -2.38. The number of likely N-dealkylation sites (tertiary alicyclic amines) is 1. The zero-order valence-electron chi connectivity index (χ0n) is 15.9. The van der Waals surface area contributed by atoms with Crippen LogP contribution >= 0.6 is 11.6 Å². The molecule has 1 aromatic heterocycles. The highest BCUT2D eigenvalue weighted by atomic mass is 35.5. The van der Waals surface area contributed by atoms with E-state index in [1.54, 1.807) is 4.68 Å². The third-order valence-electron chi connectivity index (χ3n) is 5.21. The molecule has 3 aromatic rings. The average Bonchev–Trinajstić information content (AvgIpc) is 3.25. The summed E-state index contributed by atoms with van der Waals surface area (Å²) < 4.78 is 1.60. The second kappa shape index (κ2) is 8.25. The minimum atomic E-state index is -0.140. The smallest absolute Gasteiger partial charge is 0.282 e. The van der Waals surface area contributed by atoms with Crippen molar-refractivity contribution in [1.82, 2.24) is 19.7 Å². The summed E-state index contributed by atoms with van der Waals surface area (Å²) in [4.78, 5) is 20.1. The third kappa shape index (κ3) is 4.01. The lowest BCUT2D eigenvalue weighted by Gasteiger charge is -2.25. The van der Waals surface area contributed by atoms with Crippen LogP contribution in [-0.2, 0) is 6.42 Å². The van der Waals surface area contributed by atoms with Crippen LogP contribution in [0.4, 0.5) is 0 Å². The molecule has 0 aliphatic carbocycles. The Hall–Kier alpha value is -2.50. The third-order valence-corrected chi connectivity index (χ3v) is 5.45. The summed E-state index contributed by atoms with van der Waals surface area (Å²) in [7, 11) is 0. The Morgan fingerprint density at radius 3 is 2.54 bits per heavy atom. The fourth-order valence-electron chi connectivity index (χ4n) is 3.67. The largest absolute Gasteiger partial charge is 0.290 e. The molecule has 1 saturated heterocycles. The predicted molar refractivity (Wildman–Crippen MR) is 112 cm³/mol. The summed E-state index contributed by atoms with van der Waals surface area (Å²) in [6.07, 6.45) is 2.64. The van der Waals surface area contributed by atoms with Gasteiger partial charge in [0.2, 0.25) is 0 Å². The monoisotopic (exact) mass is 394 g/mol. The highest BCUT2D eigenvalue weighted by molar-refractivity contribution is 6.30. The molecule has 1 atom stereocenters. The van der Waals surface area contributed by atoms with Gasteiger partial charge >= 0.3 is 0 Å². The molecule has 1 unspecified atom stereocenters. The highest BCUT2D eigenvalue weighted by Gasteiger charge is 2.23. The Kier molecular flexibility index (Phi) is 5.55. The Morgan fingerprint density at radius 1 is 1.07 bits per heavy atom. The number of hydrogen-bond donors (Lipinski definition) is 0. The molecule has 1 fully saturated rings. The molecule has 0 N–H and O–H groups in total. The Morgan fingerprint density at radius 2 is 1.82 bits per heavy atom. The Balaban J connectivity index is 1.79. The molecule has 144 valence electrons. The standard InChI is InChI=1S/C22H23ClN4O/c1-16(26-12-5-6-13-26)27-22(28)20(15-17-8-7-11-19(23)14-17)24-21(25-27)18-9-3-2-4-10-18/h2-4,7-11,14,16H,5-6,12-13,15H2,1H3. The molecule has 1 aliphatic rings. The van der Waals surface area contributed by atoms with Gasteiger partial charge < -0.3 is 0 Å². The predicted octanol–water partition coefficient (Wildman–Crippen LogP) is 4.16. The van der Waals surface area contributed by atoms with Gasteiger partial charge in [-0.2, -0.15) is 0 Å². The normalized spacial score (nSPS) is 15.6. The van der Waals surface area contributed by atoms with Crippen LogP contribution in [0.15, 0.2) is 59.4 Å². The van der Waals surface area contributed by atoms with Crippen molar-refractivity contribution in [3.63, 3.8) is 0 Å². The number of halogens is 1. The van der Waals surface area contributed by atoms with E-state index in [9.17, 15) is 4.79 Å². The van der Waals surface area contributed by atoms with Gasteiger partial charge in [0, 0.05) is 30.1 Å². The highest BCUT2D eigenvalue weighted by Crippen LogP contribution is 2.20. The van der Waals surface area contributed by atoms with Gasteiger partial charge in [-0.25, -0.2) is 9.67 Å². The van der Waals surface area contributed by atoms with E-state index in [0.29, 0.717) is 23.0 Å². The molecule has 2 aromatic carbocycles. The van der Waals surface area contributed by atoms with Gasteiger partial charge in [0.05, 0.1) is 0 Å². The van der Waals surface area contributed by atoms with Crippen molar-refractivity contribution < 1.29 is 0 Å². The second-order valence-corrected chi connectivity index (χ2v) is 7.62. The topological polar surface area (TPSA) is 51.0 Å². The van der Waals surface area contributed by atoms with Crippen LogP contribution < -0.4 is 5.56 Å². The summed E-state index contributed by atoms with van der Waals surface area (Å²) in [5, 5.41) is 5.29. The molecule has 0 radical (unpaired) electrons. The summed E-state index contributed by atoms with van der Waals surface area (Å²) in [5.74, 6) is 0.572. The maximum atomic E-state index is 13.2. The van der Waals surface area contributed by atoms with E-state index in [1.807, 2.05) is 61.5 Å². The van der Waals surface area contributed by atoms with Crippen LogP contribution in [0, 0.1) is 0 Å². The summed E-state index contributed by atoms with van der Waals surface area (Å²) in [6.45, 7) is 4.02. The van der Waals surface area contributed by atoms with E-state index in [0.717, 1.165) is 37.1 Å². The fourth-order valence-corrected chi connectivity index (χ4v) is 3.88. The van der Waals surface area contributed by atoms with Crippen molar-refractivity contribution in [1.29, 1.82) is 0 Å². The molecular formula is C22H23ClN4O. The van der Waals surface area contributed by atoms with Crippen LogP contribution in [0.25, 0.3) is 11.4 Å². The van der Waals surface area contributed by atoms with Crippen molar-refractivity contribution in [3.8, 4) is 11.4 Å². The minimum Gasteiger partial charge on any atom is -0.282 e. The molecule has 2 heterocycles. The van der Waals surface area contributed by atoms with Gasteiger partial charge in [0.15, 0.2) is 5.82 Å². The SMILES string of the molecule is CC(N1CCCC1)n1nc(-c2ccccc2)nc(Cc2cccc(Cl)c2)c1=O. The summed E-state index contributed by atoms with van der Waals surface area (Å²) in [6, 6.07) is 17.4. The number of benzene rings is 2. The first-order chi connectivity index (χ1) is 13.6. The fraction of sp³-hybridized carbons (Fsp3) is 0.318. The van der Waals surface area contributed by atoms with E-state index >= 15 is 0 Å². The maximum Gasteiger partial charge on any atom is 0.290 e. The molecule has 28 heavy (non-hydrogen) atoms. The first-order valence-electron chi connectivity index (χ1n) is 9.65. The van der Waals surface area contributed by atoms with Crippen molar-refractivity contribution in [3.05, 3.63) is 81.2 Å². The number of nitrogens with zero attached hydrogens (tertiary/aromatic N) is 4. The number of hydrogen-bond acceptors (Lipinski definition) is 4. The van der Waals surface area contributed by atoms with Crippen LogP contribution in [0.1, 0.15) is 37.2 Å². The number of aromatic nitrogens is 3. The summed E-state index contributed by atoms with van der Waals surface area (Å²) in [5.41, 5.74) is 2.21. The van der Waals surface area contributed by atoms with Crippen LogP contribution in [0.5, 0.6) is 0 Å². The van der Waals surface area contributed by atoms with Crippen molar-refractivity contribution in [2.24, 2.45) is 0 Å². The number of rotatable bonds is 5. The zero-order chi connectivity index (χ0) is 19.5. The lowest BCUT2D eigenvalue weighted by atomic mass is 10.1. The average molecular weight is 395 g/mol. The van der Waals surface area contributed by atoms with E-state index in [1.165, 1.54) is 0 Å². The van der Waals surface area contributed by atoms with Gasteiger partial charge in [-0.05, 0) is 37.5 Å². The molecule has 5 nitrogen and oxygen atoms in total. The Bertz CT molecular complexity index is 1010. The molecule has 0 amide bonds. The van der Waals surface area contributed by atoms with E-state index in [4.69, 9.17) is 11.6 Å². The van der Waals surface area contributed by atoms with Gasteiger partial charge in [-0.3, -0.25) is 9.69 Å². The molecule has 4 rings (SSSR count). The van der Waals surface area contributed by atoms with E-state index < -0.39 is 0 Å². The van der Waals surface area contributed by atoms with Crippen LogP contribution in [0.3, 0.4) is 0 Å².